The number of hydrogen-bond acceptors (Lipinski definition) is 5. The predicted molar refractivity (Wildman–Crippen MR) is 77.9 cm³/mol. The van der Waals surface area contributed by atoms with Crippen molar-refractivity contribution in [3.05, 3.63) is 47.4 Å². The third-order valence-electron chi connectivity index (χ3n) is 3.55. The van der Waals surface area contributed by atoms with Crippen LogP contribution in [0.15, 0.2) is 28.8 Å². The molecule has 1 aliphatic heterocycles. The predicted octanol–water partition coefficient (Wildman–Crippen LogP) is 1.96. The van der Waals surface area contributed by atoms with Crippen molar-refractivity contribution < 1.29 is 8.91 Å². The molecule has 5 nitrogen and oxygen atoms in total. The van der Waals surface area contributed by atoms with Crippen molar-refractivity contribution in [2.24, 2.45) is 0 Å². The first-order valence-electron chi connectivity index (χ1n) is 6.90. The second-order valence-electron chi connectivity index (χ2n) is 5.08. The Morgan fingerprint density at radius 3 is 2.90 bits per heavy atom. The molecule has 110 valence electrons. The van der Waals surface area contributed by atoms with Crippen molar-refractivity contribution in [1.29, 1.82) is 0 Å². The van der Waals surface area contributed by atoms with E-state index >= 15 is 0 Å². The molecule has 0 radical (unpaired) electrons. The largest absolute Gasteiger partial charge is 0.335 e. The molecule has 1 saturated heterocycles. The SMILES string of the molecule is CN1CCNCC1c1noc(/C=C/c2ccc(F)cc2)n1. The second-order valence-corrected chi connectivity index (χ2v) is 5.08. The number of rotatable bonds is 3. The number of piperazine rings is 1. The van der Waals surface area contributed by atoms with Crippen molar-refractivity contribution in [3.63, 3.8) is 0 Å². The van der Waals surface area contributed by atoms with Gasteiger partial charge in [-0.05, 0) is 30.8 Å². The maximum atomic E-state index is 12.8. The number of aromatic nitrogens is 2. The van der Waals surface area contributed by atoms with E-state index in [9.17, 15) is 4.39 Å². The van der Waals surface area contributed by atoms with Gasteiger partial charge in [-0.1, -0.05) is 17.3 Å². The summed E-state index contributed by atoms with van der Waals surface area (Å²) in [7, 11) is 2.05. The summed E-state index contributed by atoms with van der Waals surface area (Å²) in [6.45, 7) is 2.75. The summed E-state index contributed by atoms with van der Waals surface area (Å²) in [6.07, 6.45) is 3.56. The quantitative estimate of drug-likeness (QED) is 0.935. The van der Waals surface area contributed by atoms with E-state index in [0.717, 1.165) is 25.2 Å². The third-order valence-corrected chi connectivity index (χ3v) is 3.55. The fraction of sp³-hybridized carbons (Fsp3) is 0.333. The summed E-state index contributed by atoms with van der Waals surface area (Å²) in [6, 6.07) is 6.36. The van der Waals surface area contributed by atoms with E-state index in [1.165, 1.54) is 12.1 Å². The Kier molecular flexibility index (Phi) is 4.08. The van der Waals surface area contributed by atoms with Crippen LogP contribution >= 0.6 is 0 Å². The van der Waals surface area contributed by atoms with Crippen LogP contribution in [-0.2, 0) is 0 Å². The zero-order valence-corrected chi connectivity index (χ0v) is 11.8. The van der Waals surface area contributed by atoms with Gasteiger partial charge in [0.1, 0.15) is 5.82 Å². The normalized spacial score (nSPS) is 20.2. The molecule has 0 bridgehead atoms. The first kappa shape index (κ1) is 13.9. The van der Waals surface area contributed by atoms with Gasteiger partial charge < -0.3 is 9.84 Å². The van der Waals surface area contributed by atoms with Crippen molar-refractivity contribution >= 4 is 12.2 Å². The summed E-state index contributed by atoms with van der Waals surface area (Å²) >= 11 is 0. The van der Waals surface area contributed by atoms with Gasteiger partial charge in [0.15, 0.2) is 5.82 Å². The number of hydrogen-bond donors (Lipinski definition) is 1. The number of nitrogens with one attached hydrogen (secondary N) is 1. The molecule has 1 aromatic carbocycles. The van der Waals surface area contributed by atoms with Crippen molar-refractivity contribution in [3.8, 4) is 0 Å². The summed E-state index contributed by atoms with van der Waals surface area (Å²) in [5.74, 6) is 0.886. The standard InChI is InChI=1S/C15H17FN4O/c1-20-9-8-17-10-13(20)15-18-14(21-19-15)7-4-11-2-5-12(16)6-3-11/h2-7,13,17H,8-10H2,1H3/b7-4+. The maximum Gasteiger partial charge on any atom is 0.250 e. The van der Waals surface area contributed by atoms with Gasteiger partial charge in [-0.25, -0.2) is 4.39 Å². The molecular weight excluding hydrogens is 271 g/mol. The van der Waals surface area contributed by atoms with Gasteiger partial charge in [0.2, 0.25) is 0 Å². The average molecular weight is 288 g/mol. The number of nitrogens with zero attached hydrogens (tertiary/aromatic N) is 3. The molecule has 2 aromatic rings. The van der Waals surface area contributed by atoms with Gasteiger partial charge >= 0.3 is 0 Å². The maximum absolute atomic E-state index is 12.8. The molecule has 6 heteroatoms. The lowest BCUT2D eigenvalue weighted by molar-refractivity contribution is 0.190. The Bertz CT molecular complexity index is 623. The second kappa shape index (κ2) is 6.15. The van der Waals surface area contributed by atoms with Crippen LogP contribution in [0.5, 0.6) is 0 Å². The fourth-order valence-corrected chi connectivity index (χ4v) is 2.29. The van der Waals surface area contributed by atoms with E-state index < -0.39 is 0 Å². The van der Waals surface area contributed by atoms with Gasteiger partial charge in [-0.3, -0.25) is 4.90 Å². The lowest BCUT2D eigenvalue weighted by atomic mass is 10.2. The number of benzene rings is 1. The molecular formula is C15H17FN4O. The first-order chi connectivity index (χ1) is 10.2. The van der Waals surface area contributed by atoms with Gasteiger partial charge in [-0.2, -0.15) is 4.98 Å². The third kappa shape index (κ3) is 3.34. The molecule has 0 amide bonds. The fourth-order valence-electron chi connectivity index (χ4n) is 2.29. The summed E-state index contributed by atoms with van der Waals surface area (Å²) in [4.78, 5) is 6.60. The molecule has 1 atom stereocenters. The van der Waals surface area contributed by atoms with Crippen LogP contribution in [0.4, 0.5) is 4.39 Å². The highest BCUT2D eigenvalue weighted by molar-refractivity contribution is 5.65. The van der Waals surface area contributed by atoms with Gasteiger partial charge in [0, 0.05) is 25.7 Å². The Balaban J connectivity index is 1.71. The lowest BCUT2D eigenvalue weighted by Gasteiger charge is -2.30. The zero-order valence-electron chi connectivity index (χ0n) is 11.8. The molecule has 0 spiro atoms. The van der Waals surface area contributed by atoms with Crippen LogP contribution in [0.25, 0.3) is 12.2 Å². The zero-order chi connectivity index (χ0) is 14.7. The number of likely N-dealkylation sites (N-methyl/N-ethyl adjacent to an activating group) is 1. The lowest BCUT2D eigenvalue weighted by Crippen LogP contribution is -2.44. The Morgan fingerprint density at radius 2 is 2.14 bits per heavy atom. The van der Waals surface area contributed by atoms with Crippen LogP contribution in [0, 0.1) is 5.82 Å². The molecule has 1 unspecified atom stereocenters. The van der Waals surface area contributed by atoms with Crippen LogP contribution in [0.1, 0.15) is 23.3 Å². The van der Waals surface area contributed by atoms with Crippen molar-refractivity contribution in [2.45, 2.75) is 6.04 Å². The van der Waals surface area contributed by atoms with E-state index in [4.69, 9.17) is 4.52 Å². The van der Waals surface area contributed by atoms with Crippen LogP contribution < -0.4 is 5.32 Å². The van der Waals surface area contributed by atoms with Crippen LogP contribution in [-0.4, -0.2) is 41.7 Å². The molecule has 1 aromatic heterocycles. The summed E-state index contributed by atoms with van der Waals surface area (Å²) in [5.41, 5.74) is 0.882. The minimum absolute atomic E-state index is 0.135. The molecule has 1 aliphatic rings. The minimum atomic E-state index is -0.250. The molecule has 21 heavy (non-hydrogen) atoms. The Hall–Kier alpha value is -2.05. The van der Waals surface area contributed by atoms with Crippen molar-refractivity contribution in [2.75, 3.05) is 26.7 Å². The van der Waals surface area contributed by atoms with Crippen LogP contribution in [0.2, 0.25) is 0 Å². The topological polar surface area (TPSA) is 54.2 Å². The van der Waals surface area contributed by atoms with E-state index in [1.54, 1.807) is 18.2 Å². The van der Waals surface area contributed by atoms with Gasteiger partial charge in [-0.15, -0.1) is 0 Å². The van der Waals surface area contributed by atoms with Gasteiger partial charge in [0.05, 0.1) is 6.04 Å². The average Bonchev–Trinajstić information content (AvgIpc) is 2.96. The molecule has 0 saturated carbocycles. The van der Waals surface area contributed by atoms with E-state index in [1.807, 2.05) is 6.08 Å². The van der Waals surface area contributed by atoms with E-state index in [2.05, 4.69) is 27.4 Å². The number of halogens is 1. The first-order valence-corrected chi connectivity index (χ1v) is 6.90. The molecule has 0 aliphatic carbocycles. The highest BCUT2D eigenvalue weighted by Gasteiger charge is 2.24. The molecule has 1 N–H and O–H groups in total. The minimum Gasteiger partial charge on any atom is -0.335 e. The van der Waals surface area contributed by atoms with Crippen molar-refractivity contribution in [1.82, 2.24) is 20.4 Å². The van der Waals surface area contributed by atoms with E-state index in [0.29, 0.717) is 11.7 Å². The summed E-state index contributed by atoms with van der Waals surface area (Å²) < 4.78 is 18.1. The molecule has 1 fully saturated rings. The Morgan fingerprint density at radius 1 is 1.33 bits per heavy atom. The molecule has 3 rings (SSSR count). The smallest absolute Gasteiger partial charge is 0.250 e. The Labute approximate surface area is 122 Å². The monoisotopic (exact) mass is 288 g/mol. The highest BCUT2D eigenvalue weighted by Crippen LogP contribution is 2.18. The summed E-state index contributed by atoms with van der Waals surface area (Å²) in [5, 5.41) is 7.36. The van der Waals surface area contributed by atoms with Gasteiger partial charge in [0.25, 0.3) is 5.89 Å². The molecule has 2 heterocycles. The van der Waals surface area contributed by atoms with Crippen LogP contribution in [0.3, 0.4) is 0 Å². The highest BCUT2D eigenvalue weighted by atomic mass is 19.1. The van der Waals surface area contributed by atoms with E-state index in [-0.39, 0.29) is 11.9 Å².